The predicted octanol–water partition coefficient (Wildman–Crippen LogP) is 0.622. The summed E-state index contributed by atoms with van der Waals surface area (Å²) < 4.78 is 4.73. The van der Waals surface area contributed by atoms with Crippen molar-refractivity contribution in [3.05, 3.63) is 0 Å². The molecule has 0 radical (unpaired) electrons. The molecule has 0 aromatic rings. The van der Waals surface area contributed by atoms with Gasteiger partial charge >= 0.3 is 0 Å². The van der Waals surface area contributed by atoms with Crippen LogP contribution in [0.3, 0.4) is 0 Å². The molecule has 3 nitrogen and oxygen atoms in total. The molecule has 1 fully saturated rings. The summed E-state index contributed by atoms with van der Waals surface area (Å²) in [7, 11) is 3.75. The van der Waals surface area contributed by atoms with E-state index in [0.717, 1.165) is 6.61 Å². The van der Waals surface area contributed by atoms with Gasteiger partial charge in [0.1, 0.15) is 0 Å². The van der Waals surface area contributed by atoms with Crippen LogP contribution < -0.4 is 11.5 Å². The van der Waals surface area contributed by atoms with Gasteiger partial charge in [-0.1, -0.05) is 0 Å². The molecule has 0 amide bonds. The first-order valence-corrected chi connectivity index (χ1v) is 3.14. The highest BCUT2D eigenvalue weighted by Crippen LogP contribution is 2.08. The van der Waals surface area contributed by atoms with E-state index < -0.39 is 0 Å². The van der Waals surface area contributed by atoms with E-state index in [9.17, 15) is 0 Å². The zero-order valence-electron chi connectivity index (χ0n) is 5.98. The molecule has 0 aliphatic carbocycles. The molecule has 4 heteroatoms. The summed E-state index contributed by atoms with van der Waals surface area (Å²) in [4.78, 5) is 0. The van der Waals surface area contributed by atoms with Gasteiger partial charge in [-0.25, -0.2) is 0 Å². The minimum Gasteiger partial charge on any atom is -0.372 e. The van der Waals surface area contributed by atoms with Crippen LogP contribution in [0.5, 0.6) is 0 Å². The molecule has 1 aliphatic heterocycles. The molecule has 1 rings (SSSR count). The summed E-state index contributed by atoms with van der Waals surface area (Å²) in [5.41, 5.74) is 0. The first-order valence-electron chi connectivity index (χ1n) is 2.61. The predicted molar refractivity (Wildman–Crippen MR) is 40.5 cm³/mol. The number of nitrogens with one attached hydrogen (secondary N) is 1. The summed E-state index contributed by atoms with van der Waals surface area (Å²) >= 11 is 5.27. The number of halogens is 1. The second-order valence-corrected chi connectivity index (χ2v) is 1.92. The Morgan fingerprint density at radius 1 is 1.67 bits per heavy atom. The first-order chi connectivity index (χ1) is 3.85. The highest BCUT2D eigenvalue weighted by molar-refractivity contribution is 6.18. The molecule has 9 heavy (non-hydrogen) atoms. The van der Waals surface area contributed by atoms with Crippen molar-refractivity contribution in [2.24, 2.45) is 0 Å². The van der Waals surface area contributed by atoms with Gasteiger partial charge in [0.05, 0.1) is 18.6 Å². The van der Waals surface area contributed by atoms with Gasteiger partial charge in [0.15, 0.2) is 0 Å². The maximum atomic E-state index is 5.27. The number of rotatable bonds is 1. The molecule has 1 atom stereocenters. The zero-order chi connectivity index (χ0) is 6.41. The molecule has 0 saturated carbocycles. The van der Waals surface area contributed by atoms with Crippen LogP contribution in [0.15, 0.2) is 0 Å². The minimum absolute atomic E-state index is 0. The molecule has 0 aromatic heterocycles. The lowest BCUT2D eigenvalue weighted by Crippen LogP contribution is -1.89. The molecule has 0 bridgehead atoms. The minimum atomic E-state index is 0. The van der Waals surface area contributed by atoms with Gasteiger partial charge in [0.25, 0.3) is 0 Å². The second kappa shape index (κ2) is 8.17. The third-order valence-electron chi connectivity index (χ3n) is 0.574. The third kappa shape index (κ3) is 11.6. The van der Waals surface area contributed by atoms with Crippen molar-refractivity contribution in [3.63, 3.8) is 0 Å². The van der Waals surface area contributed by atoms with Crippen molar-refractivity contribution in [1.29, 1.82) is 0 Å². The Morgan fingerprint density at radius 2 is 2.00 bits per heavy atom. The van der Waals surface area contributed by atoms with Crippen LogP contribution in [0.2, 0.25) is 0 Å². The van der Waals surface area contributed by atoms with Gasteiger partial charge in [-0.2, -0.15) is 0 Å². The molecule has 58 valence electrons. The Hall–Kier alpha value is 0.170. The highest BCUT2D eigenvalue weighted by atomic mass is 35.5. The molecular weight excluding hydrogens is 140 g/mol. The average molecular weight is 155 g/mol. The molecule has 1 heterocycles. The van der Waals surface area contributed by atoms with Gasteiger partial charge in [-0.15, -0.1) is 11.6 Å². The third-order valence-corrected chi connectivity index (χ3v) is 0.919. The van der Waals surface area contributed by atoms with Gasteiger partial charge in [0, 0.05) is 0 Å². The fourth-order valence-corrected chi connectivity index (χ4v) is 0.335. The van der Waals surface area contributed by atoms with Crippen molar-refractivity contribution >= 4 is 11.6 Å². The van der Waals surface area contributed by atoms with Crippen molar-refractivity contribution < 1.29 is 4.74 Å². The SMILES string of the molecule is CNC.ClCC1CO1.N. The van der Waals surface area contributed by atoms with Crippen molar-refractivity contribution in [1.82, 2.24) is 11.5 Å². The van der Waals surface area contributed by atoms with Crippen molar-refractivity contribution in [2.45, 2.75) is 6.10 Å². The van der Waals surface area contributed by atoms with E-state index in [1.54, 1.807) is 0 Å². The maximum absolute atomic E-state index is 5.27. The Morgan fingerprint density at radius 3 is 2.00 bits per heavy atom. The van der Waals surface area contributed by atoms with Gasteiger partial charge in [-0.3, -0.25) is 0 Å². The fraction of sp³-hybridized carbons (Fsp3) is 1.00. The number of epoxide rings is 1. The number of ether oxygens (including phenoxy) is 1. The lowest BCUT2D eigenvalue weighted by molar-refractivity contribution is 0.425. The lowest BCUT2D eigenvalue weighted by Gasteiger charge is -1.67. The van der Waals surface area contributed by atoms with E-state index in [1.807, 2.05) is 14.1 Å². The highest BCUT2D eigenvalue weighted by Gasteiger charge is 2.19. The fourth-order valence-electron chi connectivity index (χ4n) is 0.157. The maximum Gasteiger partial charge on any atom is 0.0944 e. The van der Waals surface area contributed by atoms with E-state index in [-0.39, 0.29) is 6.15 Å². The lowest BCUT2D eigenvalue weighted by atomic mass is 10.6. The van der Waals surface area contributed by atoms with Crippen LogP contribution in [0, 0.1) is 0 Å². The summed E-state index contributed by atoms with van der Waals surface area (Å²) in [5.74, 6) is 0.667. The molecule has 1 unspecified atom stereocenters. The number of hydrogen-bond acceptors (Lipinski definition) is 3. The second-order valence-electron chi connectivity index (χ2n) is 1.61. The molecule has 1 aliphatic rings. The van der Waals surface area contributed by atoms with Crippen LogP contribution in [0.25, 0.3) is 0 Å². The van der Waals surface area contributed by atoms with Crippen LogP contribution >= 0.6 is 11.6 Å². The molecular formula is C5H15ClN2O. The van der Waals surface area contributed by atoms with Crippen LogP contribution in [0.4, 0.5) is 0 Å². The van der Waals surface area contributed by atoms with E-state index in [0.29, 0.717) is 12.0 Å². The topological polar surface area (TPSA) is 59.6 Å². The van der Waals surface area contributed by atoms with Gasteiger partial charge < -0.3 is 16.2 Å². The Kier molecular flexibility index (Phi) is 10.8. The molecule has 0 aromatic carbocycles. The monoisotopic (exact) mass is 154 g/mol. The molecule has 1 saturated heterocycles. The van der Waals surface area contributed by atoms with E-state index in [4.69, 9.17) is 16.3 Å². The number of hydrogen-bond donors (Lipinski definition) is 2. The summed E-state index contributed by atoms with van der Waals surface area (Å²) in [6.45, 7) is 0.878. The Bertz CT molecular complexity index is 50.2. The summed E-state index contributed by atoms with van der Waals surface area (Å²) in [6.07, 6.45) is 0.400. The van der Waals surface area contributed by atoms with E-state index in [2.05, 4.69) is 5.32 Å². The van der Waals surface area contributed by atoms with Gasteiger partial charge in [0.2, 0.25) is 0 Å². The summed E-state index contributed by atoms with van der Waals surface area (Å²) in [6, 6.07) is 0. The van der Waals surface area contributed by atoms with E-state index >= 15 is 0 Å². The average Bonchev–Trinajstić information content (AvgIpc) is 2.48. The summed E-state index contributed by atoms with van der Waals surface area (Å²) in [5, 5.41) is 2.75. The first kappa shape index (κ1) is 11.9. The van der Waals surface area contributed by atoms with Gasteiger partial charge in [-0.05, 0) is 14.1 Å². The quantitative estimate of drug-likeness (QED) is 0.430. The molecule has 4 N–H and O–H groups in total. The van der Waals surface area contributed by atoms with Crippen molar-refractivity contribution in [2.75, 3.05) is 26.6 Å². The zero-order valence-corrected chi connectivity index (χ0v) is 6.74. The van der Waals surface area contributed by atoms with Crippen LogP contribution in [0.1, 0.15) is 0 Å². The molecule has 0 spiro atoms. The normalized spacial score (nSPS) is 21.0. The van der Waals surface area contributed by atoms with Crippen LogP contribution in [-0.2, 0) is 4.74 Å². The smallest absolute Gasteiger partial charge is 0.0944 e. The Labute approximate surface area is 61.3 Å². The van der Waals surface area contributed by atoms with Crippen LogP contribution in [-0.4, -0.2) is 32.7 Å². The largest absolute Gasteiger partial charge is 0.372 e. The van der Waals surface area contributed by atoms with Crippen molar-refractivity contribution in [3.8, 4) is 0 Å². The Balaban J connectivity index is 0. The van der Waals surface area contributed by atoms with E-state index in [1.165, 1.54) is 0 Å². The standard InChI is InChI=1S/C3H5ClO.C2H7N.H3N/c4-1-3-2-5-3;1-3-2;/h3H,1-2H2;3H,1-2H3;1H3. The number of alkyl halides is 1.